The van der Waals surface area contributed by atoms with Gasteiger partial charge < -0.3 is 15.5 Å². The Morgan fingerprint density at radius 1 is 0.697 bits per heavy atom. The first-order valence-corrected chi connectivity index (χ1v) is 10.8. The van der Waals surface area contributed by atoms with Crippen molar-refractivity contribution in [2.45, 2.75) is 25.7 Å². The topological polar surface area (TPSA) is 104 Å². The van der Waals surface area contributed by atoms with Gasteiger partial charge in [-0.25, -0.2) is 0 Å². The number of carbonyl (C=O) groups is 3. The number of nitrogens with one attached hydrogen (secondary N) is 1. The molecule has 0 aliphatic rings. The predicted molar refractivity (Wildman–Crippen MR) is 126 cm³/mol. The molecule has 3 aromatic carbocycles. The van der Waals surface area contributed by atoms with Gasteiger partial charge in [0.15, 0.2) is 0 Å². The van der Waals surface area contributed by atoms with Gasteiger partial charge in [0.25, 0.3) is 0 Å². The maximum Gasteiger partial charge on any atom is 0.307 e. The van der Waals surface area contributed by atoms with Crippen LogP contribution in [0.15, 0.2) is 84.9 Å². The summed E-state index contributed by atoms with van der Waals surface area (Å²) >= 11 is 0. The third-order valence-corrected chi connectivity index (χ3v) is 5.56. The van der Waals surface area contributed by atoms with Gasteiger partial charge in [-0.15, -0.1) is 0 Å². The number of carbonyl (C=O) groups excluding carboxylic acids is 1. The van der Waals surface area contributed by atoms with Gasteiger partial charge in [-0.2, -0.15) is 0 Å². The smallest absolute Gasteiger partial charge is 0.307 e. The lowest BCUT2D eigenvalue weighted by atomic mass is 9.85. The number of rotatable bonds is 11. The molecule has 0 heterocycles. The van der Waals surface area contributed by atoms with E-state index in [1.165, 1.54) is 0 Å². The van der Waals surface area contributed by atoms with Crippen molar-refractivity contribution in [3.63, 3.8) is 0 Å². The molecule has 0 saturated heterocycles. The maximum absolute atomic E-state index is 13.3. The van der Waals surface area contributed by atoms with E-state index in [9.17, 15) is 24.6 Å². The molecule has 0 aliphatic heterocycles. The third kappa shape index (κ3) is 7.31. The molecular weight excluding hydrogens is 418 g/mol. The number of carboxylic acids is 2. The minimum Gasteiger partial charge on any atom is -0.481 e. The quantitative estimate of drug-likeness (QED) is 0.405. The number of hydrogen-bond acceptors (Lipinski definition) is 3. The molecule has 6 heteroatoms. The van der Waals surface area contributed by atoms with Crippen molar-refractivity contribution in [2.24, 2.45) is 11.8 Å². The van der Waals surface area contributed by atoms with E-state index in [1.54, 1.807) is 24.3 Å². The van der Waals surface area contributed by atoms with Crippen LogP contribution in [-0.2, 0) is 33.6 Å². The highest BCUT2D eigenvalue weighted by Gasteiger charge is 2.28. The predicted octanol–water partition coefficient (Wildman–Crippen LogP) is 4.44. The van der Waals surface area contributed by atoms with Gasteiger partial charge in [0.05, 0.1) is 12.3 Å². The first-order valence-electron chi connectivity index (χ1n) is 10.8. The van der Waals surface area contributed by atoms with Crippen molar-refractivity contribution in [1.29, 1.82) is 0 Å². The van der Waals surface area contributed by atoms with Crippen LogP contribution in [0.3, 0.4) is 0 Å². The molecule has 0 spiro atoms. The molecule has 3 rings (SSSR count). The van der Waals surface area contributed by atoms with Gasteiger partial charge in [-0.3, -0.25) is 14.4 Å². The number of amides is 1. The van der Waals surface area contributed by atoms with E-state index in [4.69, 9.17) is 0 Å². The van der Waals surface area contributed by atoms with Crippen LogP contribution in [0.25, 0.3) is 0 Å². The zero-order valence-electron chi connectivity index (χ0n) is 18.2. The summed E-state index contributed by atoms with van der Waals surface area (Å²) < 4.78 is 0. The largest absolute Gasteiger partial charge is 0.481 e. The Kier molecular flexibility index (Phi) is 8.36. The molecule has 0 fully saturated rings. The van der Waals surface area contributed by atoms with Crippen LogP contribution in [0.4, 0.5) is 5.69 Å². The van der Waals surface area contributed by atoms with Gasteiger partial charge in [-0.1, -0.05) is 78.9 Å². The Morgan fingerprint density at radius 2 is 1.21 bits per heavy atom. The van der Waals surface area contributed by atoms with Crippen molar-refractivity contribution in [3.05, 3.63) is 102 Å². The lowest BCUT2D eigenvalue weighted by Gasteiger charge is -2.22. The van der Waals surface area contributed by atoms with Crippen LogP contribution >= 0.6 is 0 Å². The molecule has 0 aliphatic carbocycles. The van der Waals surface area contributed by atoms with E-state index in [0.717, 1.165) is 11.1 Å². The van der Waals surface area contributed by atoms with Crippen molar-refractivity contribution in [2.75, 3.05) is 5.32 Å². The SMILES string of the molecule is O=C(O)Cc1ccccc1NC(=O)[C@H](Cc1ccccc1)C[C@@H](Cc1ccccc1)C(=O)O. The first kappa shape index (κ1) is 23.7. The lowest BCUT2D eigenvalue weighted by molar-refractivity contribution is -0.142. The Labute approximate surface area is 192 Å². The van der Waals surface area contributed by atoms with Crippen molar-refractivity contribution < 1.29 is 24.6 Å². The van der Waals surface area contributed by atoms with Gasteiger partial charge in [-0.05, 0) is 42.0 Å². The van der Waals surface area contributed by atoms with Crippen molar-refractivity contribution in [3.8, 4) is 0 Å². The summed E-state index contributed by atoms with van der Waals surface area (Å²) in [5.41, 5.74) is 2.75. The van der Waals surface area contributed by atoms with Gasteiger partial charge in [0.1, 0.15) is 0 Å². The molecular formula is C27H27NO5. The second-order valence-electron chi connectivity index (χ2n) is 8.06. The van der Waals surface area contributed by atoms with Gasteiger partial charge in [0.2, 0.25) is 5.91 Å². The van der Waals surface area contributed by atoms with Crippen LogP contribution in [0.1, 0.15) is 23.1 Å². The Morgan fingerprint density at radius 3 is 1.76 bits per heavy atom. The van der Waals surface area contributed by atoms with E-state index in [-0.39, 0.29) is 18.7 Å². The maximum atomic E-state index is 13.3. The number of hydrogen-bond donors (Lipinski definition) is 3. The molecule has 0 aromatic heterocycles. The molecule has 0 radical (unpaired) electrons. The summed E-state index contributed by atoms with van der Waals surface area (Å²) in [7, 11) is 0. The van der Waals surface area contributed by atoms with Crippen LogP contribution < -0.4 is 5.32 Å². The van der Waals surface area contributed by atoms with Crippen LogP contribution in [0.5, 0.6) is 0 Å². The van der Waals surface area contributed by atoms with Crippen LogP contribution in [0.2, 0.25) is 0 Å². The van der Waals surface area contributed by atoms with Gasteiger partial charge in [0, 0.05) is 11.6 Å². The minimum atomic E-state index is -0.994. The molecule has 0 unspecified atom stereocenters. The number of anilines is 1. The lowest BCUT2D eigenvalue weighted by Crippen LogP contribution is -2.30. The molecule has 33 heavy (non-hydrogen) atoms. The number of para-hydroxylation sites is 1. The van der Waals surface area contributed by atoms with E-state index >= 15 is 0 Å². The summed E-state index contributed by atoms with van der Waals surface area (Å²) in [6, 6.07) is 25.6. The normalized spacial score (nSPS) is 12.5. The second-order valence-corrected chi connectivity index (χ2v) is 8.06. The van der Waals surface area contributed by atoms with E-state index in [0.29, 0.717) is 24.1 Å². The first-order chi connectivity index (χ1) is 15.9. The van der Waals surface area contributed by atoms with Gasteiger partial charge >= 0.3 is 11.9 Å². The monoisotopic (exact) mass is 445 g/mol. The molecule has 3 aromatic rings. The van der Waals surface area contributed by atoms with E-state index in [1.807, 2.05) is 60.7 Å². The summed E-state index contributed by atoms with van der Waals surface area (Å²) in [5, 5.41) is 21.9. The summed E-state index contributed by atoms with van der Waals surface area (Å²) in [5.74, 6) is -3.60. The van der Waals surface area contributed by atoms with Crippen LogP contribution in [0, 0.1) is 11.8 Å². The molecule has 6 nitrogen and oxygen atoms in total. The fourth-order valence-electron chi connectivity index (χ4n) is 3.89. The molecule has 2 atom stereocenters. The minimum absolute atomic E-state index is 0.159. The Bertz CT molecular complexity index is 1080. The average molecular weight is 446 g/mol. The molecule has 0 bridgehead atoms. The molecule has 3 N–H and O–H groups in total. The van der Waals surface area contributed by atoms with Crippen molar-refractivity contribution >= 4 is 23.5 Å². The highest BCUT2D eigenvalue weighted by atomic mass is 16.4. The van der Waals surface area contributed by atoms with E-state index in [2.05, 4.69) is 5.32 Å². The third-order valence-electron chi connectivity index (χ3n) is 5.56. The number of carboxylic acid groups (broad SMARTS) is 2. The zero-order chi connectivity index (χ0) is 23.6. The number of aliphatic carboxylic acids is 2. The summed E-state index contributed by atoms with van der Waals surface area (Å²) in [6.45, 7) is 0. The van der Waals surface area contributed by atoms with Crippen molar-refractivity contribution in [1.82, 2.24) is 0 Å². The highest BCUT2D eigenvalue weighted by molar-refractivity contribution is 5.94. The number of benzene rings is 3. The summed E-state index contributed by atoms with van der Waals surface area (Å²) in [4.78, 5) is 36.6. The molecule has 0 saturated carbocycles. The fraction of sp³-hybridized carbons (Fsp3) is 0.222. The highest BCUT2D eigenvalue weighted by Crippen LogP contribution is 2.24. The Hall–Kier alpha value is -3.93. The molecule has 1 amide bonds. The Balaban J connectivity index is 1.83. The standard InChI is InChI=1S/C27H27NO5/c29-25(30)18-21-13-7-8-14-24(21)28-26(31)22(15-19-9-3-1-4-10-19)17-23(27(32)33)16-20-11-5-2-6-12-20/h1-14,22-23H,15-18H2,(H,28,31)(H,29,30)(H,32,33)/t22-,23-/m1/s1. The van der Waals surface area contributed by atoms with E-state index < -0.39 is 23.8 Å². The fourth-order valence-corrected chi connectivity index (χ4v) is 3.89. The molecule has 170 valence electrons. The average Bonchev–Trinajstić information content (AvgIpc) is 2.80. The zero-order valence-corrected chi connectivity index (χ0v) is 18.2. The summed E-state index contributed by atoms with van der Waals surface area (Å²) in [6.07, 6.45) is 0.647. The van der Waals surface area contributed by atoms with Crippen LogP contribution in [-0.4, -0.2) is 28.1 Å². The second kappa shape index (κ2) is 11.6.